The van der Waals surface area contributed by atoms with E-state index in [-0.39, 0.29) is 22.1 Å². The Morgan fingerprint density at radius 3 is 2.62 bits per heavy atom. The van der Waals surface area contributed by atoms with Crippen LogP contribution in [0.1, 0.15) is 27.7 Å². The number of morpholine rings is 1. The Balaban J connectivity index is 1.89. The fourth-order valence-electron chi connectivity index (χ4n) is 3.44. The van der Waals surface area contributed by atoms with Gasteiger partial charge >= 0.3 is 7.12 Å². The van der Waals surface area contributed by atoms with Crippen molar-refractivity contribution < 1.29 is 19.0 Å². The lowest BCUT2D eigenvalue weighted by Crippen LogP contribution is -2.49. The first-order chi connectivity index (χ1) is 12.3. The molecule has 0 aromatic heterocycles. The summed E-state index contributed by atoms with van der Waals surface area (Å²) in [7, 11) is -0.554. The molecule has 0 aliphatic carbocycles. The van der Waals surface area contributed by atoms with E-state index >= 15 is 0 Å². The quantitative estimate of drug-likeness (QED) is 0.465. The first-order valence-electron chi connectivity index (χ1n) is 9.14. The Morgan fingerprint density at radius 2 is 2.00 bits per heavy atom. The van der Waals surface area contributed by atoms with Crippen LogP contribution in [0.5, 0.6) is 0 Å². The summed E-state index contributed by atoms with van der Waals surface area (Å²) in [6, 6.07) is 5.40. The topological polar surface area (TPSA) is 74.1 Å². The standard InChI is InChI=1S/C18H27BN2O5/c1-13(2)17-10-24-8-7-20(17)15-6-5-14(9-16(15)21(22)23)19-25-11-18(3,4)12-26-19/h5-6,9,13,17H,7-8,10-12H2,1-4H3. The highest BCUT2D eigenvalue weighted by molar-refractivity contribution is 6.61. The second-order valence-electron chi connectivity index (χ2n) is 8.20. The van der Waals surface area contributed by atoms with Gasteiger partial charge in [-0.05, 0) is 17.4 Å². The highest BCUT2D eigenvalue weighted by Gasteiger charge is 2.36. The predicted molar refractivity (Wildman–Crippen MR) is 101 cm³/mol. The molecule has 0 radical (unpaired) electrons. The SMILES string of the molecule is CC(C)C1COCCN1c1ccc(B2OCC(C)(C)CO2)cc1[N+](=O)[O-]. The number of nitrogens with zero attached hydrogens (tertiary/aromatic N) is 2. The van der Waals surface area contributed by atoms with E-state index in [0.29, 0.717) is 50.0 Å². The fraction of sp³-hybridized carbons (Fsp3) is 0.667. The molecule has 2 saturated heterocycles. The van der Waals surface area contributed by atoms with Crippen LogP contribution in [0.3, 0.4) is 0 Å². The largest absolute Gasteiger partial charge is 0.494 e. The zero-order valence-corrected chi connectivity index (χ0v) is 15.9. The van der Waals surface area contributed by atoms with Crippen LogP contribution in [0.2, 0.25) is 0 Å². The van der Waals surface area contributed by atoms with Crippen molar-refractivity contribution >= 4 is 24.0 Å². The van der Waals surface area contributed by atoms with Crippen molar-refractivity contribution in [1.82, 2.24) is 0 Å². The van der Waals surface area contributed by atoms with Gasteiger partial charge in [-0.1, -0.05) is 33.8 Å². The van der Waals surface area contributed by atoms with Gasteiger partial charge < -0.3 is 18.9 Å². The average molecular weight is 362 g/mol. The molecular weight excluding hydrogens is 335 g/mol. The molecule has 1 aromatic rings. The van der Waals surface area contributed by atoms with E-state index in [1.807, 2.05) is 12.1 Å². The molecule has 142 valence electrons. The summed E-state index contributed by atoms with van der Waals surface area (Å²) in [5, 5.41) is 11.7. The maximum atomic E-state index is 11.7. The van der Waals surface area contributed by atoms with Crippen molar-refractivity contribution in [3.05, 3.63) is 28.3 Å². The van der Waals surface area contributed by atoms with Crippen LogP contribution in [0, 0.1) is 21.4 Å². The molecule has 0 N–H and O–H groups in total. The van der Waals surface area contributed by atoms with Crippen molar-refractivity contribution in [3.8, 4) is 0 Å². The third-order valence-electron chi connectivity index (χ3n) is 4.96. The predicted octanol–water partition coefficient (Wildman–Crippen LogP) is 2.22. The van der Waals surface area contributed by atoms with Crippen LogP contribution in [-0.4, -0.2) is 51.1 Å². The molecule has 1 atom stereocenters. The highest BCUT2D eigenvalue weighted by atomic mass is 16.6. The highest BCUT2D eigenvalue weighted by Crippen LogP contribution is 2.32. The van der Waals surface area contributed by atoms with E-state index in [2.05, 4.69) is 32.6 Å². The molecule has 8 heteroatoms. The average Bonchev–Trinajstić information content (AvgIpc) is 2.61. The Labute approximate surface area is 154 Å². The summed E-state index contributed by atoms with van der Waals surface area (Å²) in [6.45, 7) is 11.3. The normalized spacial score (nSPS) is 23.3. The Hall–Kier alpha value is -1.64. The molecule has 7 nitrogen and oxygen atoms in total. The molecule has 0 saturated carbocycles. The molecule has 0 amide bonds. The van der Waals surface area contributed by atoms with Gasteiger partial charge in [-0.15, -0.1) is 0 Å². The summed E-state index contributed by atoms with van der Waals surface area (Å²) < 4.78 is 17.1. The van der Waals surface area contributed by atoms with Crippen LogP contribution >= 0.6 is 0 Å². The molecule has 0 spiro atoms. The first kappa shape index (κ1) is 19.1. The summed E-state index contributed by atoms with van der Waals surface area (Å²) in [6.07, 6.45) is 0. The Kier molecular flexibility index (Phi) is 5.55. The van der Waals surface area contributed by atoms with Crippen molar-refractivity contribution in [2.24, 2.45) is 11.3 Å². The van der Waals surface area contributed by atoms with Crippen LogP contribution in [0.4, 0.5) is 11.4 Å². The summed E-state index contributed by atoms with van der Waals surface area (Å²) in [5.41, 5.74) is 1.37. The molecule has 3 rings (SSSR count). The van der Waals surface area contributed by atoms with Gasteiger partial charge in [0.05, 0.1) is 24.2 Å². The number of rotatable bonds is 4. The number of nitro groups is 1. The summed E-state index contributed by atoms with van der Waals surface area (Å²) in [4.78, 5) is 13.5. The smallest absolute Gasteiger partial charge is 0.407 e. The second kappa shape index (κ2) is 7.54. The summed E-state index contributed by atoms with van der Waals surface area (Å²) >= 11 is 0. The lowest BCUT2D eigenvalue weighted by molar-refractivity contribution is -0.384. The van der Waals surface area contributed by atoms with E-state index in [9.17, 15) is 10.1 Å². The lowest BCUT2D eigenvalue weighted by Gasteiger charge is -2.39. The zero-order valence-electron chi connectivity index (χ0n) is 15.9. The number of hydrogen-bond acceptors (Lipinski definition) is 6. The van der Waals surface area contributed by atoms with Gasteiger partial charge in [-0.25, -0.2) is 0 Å². The van der Waals surface area contributed by atoms with Gasteiger partial charge in [0.25, 0.3) is 5.69 Å². The number of nitro benzene ring substituents is 1. The van der Waals surface area contributed by atoms with Crippen molar-refractivity contribution in [1.29, 1.82) is 0 Å². The molecule has 1 unspecified atom stereocenters. The van der Waals surface area contributed by atoms with Crippen molar-refractivity contribution in [2.75, 3.05) is 37.9 Å². The van der Waals surface area contributed by atoms with Crippen molar-refractivity contribution in [2.45, 2.75) is 33.7 Å². The maximum Gasteiger partial charge on any atom is 0.494 e. The molecule has 2 heterocycles. The molecule has 0 bridgehead atoms. The molecule has 26 heavy (non-hydrogen) atoms. The number of ether oxygens (including phenoxy) is 1. The minimum Gasteiger partial charge on any atom is -0.407 e. The molecular formula is C18H27BN2O5. The minimum atomic E-state index is -0.554. The fourth-order valence-corrected chi connectivity index (χ4v) is 3.44. The van der Waals surface area contributed by atoms with Gasteiger partial charge in [0, 0.05) is 31.2 Å². The number of hydrogen-bond donors (Lipinski definition) is 0. The second-order valence-corrected chi connectivity index (χ2v) is 8.20. The van der Waals surface area contributed by atoms with Gasteiger partial charge in [0.1, 0.15) is 5.69 Å². The van der Waals surface area contributed by atoms with E-state index in [1.165, 1.54) is 0 Å². The van der Waals surface area contributed by atoms with Crippen LogP contribution in [0.15, 0.2) is 18.2 Å². The molecule has 2 aliphatic heterocycles. The monoisotopic (exact) mass is 362 g/mol. The maximum absolute atomic E-state index is 11.7. The van der Waals surface area contributed by atoms with E-state index in [1.54, 1.807) is 6.07 Å². The Morgan fingerprint density at radius 1 is 1.31 bits per heavy atom. The van der Waals surface area contributed by atoms with Gasteiger partial charge in [0.2, 0.25) is 0 Å². The lowest BCUT2D eigenvalue weighted by atomic mass is 9.75. The van der Waals surface area contributed by atoms with Crippen LogP contribution in [-0.2, 0) is 14.0 Å². The van der Waals surface area contributed by atoms with Gasteiger partial charge in [0.15, 0.2) is 0 Å². The minimum absolute atomic E-state index is 0.0410. The number of benzene rings is 1. The van der Waals surface area contributed by atoms with E-state index in [0.717, 1.165) is 0 Å². The number of anilines is 1. The van der Waals surface area contributed by atoms with Crippen molar-refractivity contribution in [3.63, 3.8) is 0 Å². The molecule has 2 aliphatic rings. The van der Waals surface area contributed by atoms with Crippen LogP contribution < -0.4 is 10.4 Å². The summed E-state index contributed by atoms with van der Waals surface area (Å²) in [5.74, 6) is 0.335. The van der Waals surface area contributed by atoms with Gasteiger partial charge in [-0.3, -0.25) is 10.1 Å². The Bertz CT molecular complexity index is 657. The first-order valence-corrected chi connectivity index (χ1v) is 9.14. The van der Waals surface area contributed by atoms with E-state index < -0.39 is 7.12 Å². The molecule has 1 aromatic carbocycles. The molecule has 2 fully saturated rings. The third-order valence-corrected chi connectivity index (χ3v) is 4.96. The van der Waals surface area contributed by atoms with Gasteiger partial charge in [-0.2, -0.15) is 0 Å². The third kappa shape index (κ3) is 4.02. The zero-order chi connectivity index (χ0) is 18.9. The van der Waals surface area contributed by atoms with Crippen LogP contribution in [0.25, 0.3) is 0 Å². The van der Waals surface area contributed by atoms with E-state index in [4.69, 9.17) is 14.0 Å².